The quantitative estimate of drug-likeness (QED) is 0.681. The van der Waals surface area contributed by atoms with Crippen LogP contribution in [-0.4, -0.2) is 11.4 Å². The van der Waals surface area contributed by atoms with E-state index in [4.69, 9.17) is 4.74 Å². The van der Waals surface area contributed by atoms with E-state index in [0.29, 0.717) is 12.3 Å². The fourth-order valence-corrected chi connectivity index (χ4v) is 3.21. The normalized spacial score (nSPS) is 31.4. The van der Waals surface area contributed by atoms with Gasteiger partial charge in [0.05, 0.1) is 12.0 Å². The molecule has 17 heavy (non-hydrogen) atoms. The van der Waals surface area contributed by atoms with Gasteiger partial charge in [-0.2, -0.15) is 0 Å². The number of benzene rings is 1. The summed E-state index contributed by atoms with van der Waals surface area (Å²) in [5, 5.41) is 0. The van der Waals surface area contributed by atoms with Crippen LogP contribution < -0.4 is 4.74 Å². The van der Waals surface area contributed by atoms with Crippen molar-refractivity contribution in [2.45, 2.75) is 45.1 Å². The van der Waals surface area contributed by atoms with Crippen LogP contribution in [0.5, 0.6) is 5.75 Å². The SMILES string of the molecule is Cc1ccc2c(c1)C(=O)CC1(CCC(C)C1)O2. The van der Waals surface area contributed by atoms with Crippen LogP contribution in [0.2, 0.25) is 0 Å². The van der Waals surface area contributed by atoms with Crippen molar-refractivity contribution in [3.63, 3.8) is 0 Å². The van der Waals surface area contributed by atoms with Gasteiger partial charge in [0, 0.05) is 0 Å². The molecular formula is C15H18O2. The molecule has 1 spiro atoms. The highest BCUT2D eigenvalue weighted by Crippen LogP contribution is 2.45. The number of aryl methyl sites for hydroxylation is 1. The number of fused-ring (bicyclic) bond motifs is 1. The Bertz CT molecular complexity index is 478. The molecule has 2 aliphatic rings. The van der Waals surface area contributed by atoms with E-state index in [1.165, 1.54) is 6.42 Å². The third-order valence-electron chi connectivity index (χ3n) is 4.06. The lowest BCUT2D eigenvalue weighted by molar-refractivity contribution is 0.0429. The zero-order valence-corrected chi connectivity index (χ0v) is 10.5. The van der Waals surface area contributed by atoms with E-state index in [1.54, 1.807) is 0 Å². The molecule has 2 atom stereocenters. The van der Waals surface area contributed by atoms with Gasteiger partial charge in [-0.3, -0.25) is 4.79 Å². The number of hydrogen-bond acceptors (Lipinski definition) is 2. The maximum absolute atomic E-state index is 12.2. The molecule has 2 heteroatoms. The minimum atomic E-state index is -0.196. The van der Waals surface area contributed by atoms with Gasteiger partial charge in [0.1, 0.15) is 11.4 Å². The molecule has 0 bridgehead atoms. The van der Waals surface area contributed by atoms with Crippen LogP contribution in [0.4, 0.5) is 0 Å². The van der Waals surface area contributed by atoms with Gasteiger partial charge in [-0.1, -0.05) is 18.6 Å². The summed E-state index contributed by atoms with van der Waals surface area (Å²) in [6.45, 7) is 4.25. The van der Waals surface area contributed by atoms with Gasteiger partial charge in [-0.25, -0.2) is 0 Å². The molecule has 1 saturated carbocycles. The number of carbonyl (C=O) groups is 1. The van der Waals surface area contributed by atoms with Crippen LogP contribution in [0.15, 0.2) is 18.2 Å². The van der Waals surface area contributed by atoms with E-state index in [0.717, 1.165) is 29.7 Å². The summed E-state index contributed by atoms with van der Waals surface area (Å²) in [6, 6.07) is 5.92. The first-order valence-electron chi connectivity index (χ1n) is 6.41. The maximum Gasteiger partial charge on any atom is 0.170 e. The smallest absolute Gasteiger partial charge is 0.170 e. The van der Waals surface area contributed by atoms with Gasteiger partial charge in [0.15, 0.2) is 5.78 Å². The highest BCUT2D eigenvalue weighted by atomic mass is 16.5. The van der Waals surface area contributed by atoms with E-state index in [-0.39, 0.29) is 11.4 Å². The Morgan fingerprint density at radius 1 is 1.41 bits per heavy atom. The topological polar surface area (TPSA) is 26.3 Å². The summed E-state index contributed by atoms with van der Waals surface area (Å²) in [7, 11) is 0. The highest BCUT2D eigenvalue weighted by Gasteiger charge is 2.44. The molecule has 2 unspecified atom stereocenters. The summed E-state index contributed by atoms with van der Waals surface area (Å²) >= 11 is 0. The molecule has 90 valence electrons. The molecule has 3 rings (SSSR count). The highest BCUT2D eigenvalue weighted by molar-refractivity contribution is 6.00. The van der Waals surface area contributed by atoms with Crippen LogP contribution in [0.25, 0.3) is 0 Å². The second-order valence-electron chi connectivity index (χ2n) is 5.73. The molecule has 1 aromatic rings. The summed E-state index contributed by atoms with van der Waals surface area (Å²) in [6.07, 6.45) is 3.78. The van der Waals surface area contributed by atoms with E-state index in [9.17, 15) is 4.79 Å². The first-order chi connectivity index (χ1) is 8.08. The van der Waals surface area contributed by atoms with Crippen LogP contribution >= 0.6 is 0 Å². The molecule has 1 aliphatic carbocycles. The lowest BCUT2D eigenvalue weighted by Gasteiger charge is -2.35. The molecule has 0 saturated heterocycles. The van der Waals surface area contributed by atoms with Crippen molar-refractivity contribution in [2.75, 3.05) is 0 Å². The summed E-state index contributed by atoms with van der Waals surface area (Å²) in [4.78, 5) is 12.2. The van der Waals surface area contributed by atoms with Crippen molar-refractivity contribution in [3.05, 3.63) is 29.3 Å². The molecule has 0 radical (unpaired) electrons. The molecule has 1 heterocycles. The Hall–Kier alpha value is -1.31. The second kappa shape index (κ2) is 3.59. The molecular weight excluding hydrogens is 212 g/mol. The van der Waals surface area contributed by atoms with Crippen LogP contribution in [0.3, 0.4) is 0 Å². The lowest BCUT2D eigenvalue weighted by atomic mass is 9.87. The van der Waals surface area contributed by atoms with Crippen molar-refractivity contribution < 1.29 is 9.53 Å². The molecule has 0 aromatic heterocycles. The Morgan fingerprint density at radius 2 is 2.24 bits per heavy atom. The fraction of sp³-hybridized carbons (Fsp3) is 0.533. The minimum Gasteiger partial charge on any atom is -0.486 e. The first-order valence-corrected chi connectivity index (χ1v) is 6.41. The van der Waals surface area contributed by atoms with Gasteiger partial charge in [-0.05, 0) is 44.2 Å². The monoisotopic (exact) mass is 230 g/mol. The minimum absolute atomic E-state index is 0.196. The summed E-state index contributed by atoms with van der Waals surface area (Å²) in [5.74, 6) is 1.72. The Morgan fingerprint density at radius 3 is 2.94 bits per heavy atom. The molecule has 0 N–H and O–H groups in total. The number of rotatable bonds is 0. The van der Waals surface area contributed by atoms with E-state index >= 15 is 0 Å². The first kappa shape index (κ1) is 10.8. The summed E-state index contributed by atoms with van der Waals surface area (Å²) < 4.78 is 6.16. The average molecular weight is 230 g/mol. The van der Waals surface area contributed by atoms with Crippen molar-refractivity contribution in [3.8, 4) is 5.75 Å². The zero-order valence-electron chi connectivity index (χ0n) is 10.5. The molecule has 0 amide bonds. The largest absolute Gasteiger partial charge is 0.486 e. The van der Waals surface area contributed by atoms with E-state index in [2.05, 4.69) is 6.92 Å². The third kappa shape index (κ3) is 1.76. The van der Waals surface area contributed by atoms with Crippen LogP contribution in [0.1, 0.15) is 48.5 Å². The Balaban J connectivity index is 1.98. The molecule has 1 aliphatic heterocycles. The van der Waals surface area contributed by atoms with Crippen molar-refractivity contribution in [1.82, 2.24) is 0 Å². The van der Waals surface area contributed by atoms with Crippen molar-refractivity contribution in [2.24, 2.45) is 5.92 Å². The molecule has 1 aromatic carbocycles. The predicted octanol–water partition coefficient (Wildman–Crippen LogP) is 3.52. The molecule has 2 nitrogen and oxygen atoms in total. The van der Waals surface area contributed by atoms with E-state index in [1.807, 2.05) is 25.1 Å². The van der Waals surface area contributed by atoms with E-state index < -0.39 is 0 Å². The summed E-state index contributed by atoms with van der Waals surface area (Å²) in [5.41, 5.74) is 1.70. The predicted molar refractivity (Wildman–Crippen MR) is 66.5 cm³/mol. The van der Waals surface area contributed by atoms with Crippen LogP contribution in [-0.2, 0) is 0 Å². The van der Waals surface area contributed by atoms with Gasteiger partial charge >= 0.3 is 0 Å². The maximum atomic E-state index is 12.2. The number of ether oxygens (including phenoxy) is 1. The number of Topliss-reactive ketones (excluding diaryl/α,β-unsaturated/α-hetero) is 1. The third-order valence-corrected chi connectivity index (χ3v) is 4.06. The number of carbonyl (C=O) groups excluding carboxylic acids is 1. The van der Waals surface area contributed by atoms with Gasteiger partial charge in [0.2, 0.25) is 0 Å². The van der Waals surface area contributed by atoms with Crippen molar-refractivity contribution >= 4 is 5.78 Å². The second-order valence-corrected chi connectivity index (χ2v) is 5.73. The van der Waals surface area contributed by atoms with Gasteiger partial charge in [-0.15, -0.1) is 0 Å². The Kier molecular flexibility index (Phi) is 2.29. The lowest BCUT2D eigenvalue weighted by Crippen LogP contribution is -2.39. The molecule has 1 fully saturated rings. The standard InChI is InChI=1S/C15H18O2/c1-10-3-4-14-12(7-10)13(16)9-15(17-14)6-5-11(2)8-15/h3-4,7,11H,5-6,8-9H2,1-2H3. The number of ketones is 1. The Labute approximate surface area is 102 Å². The van der Waals surface area contributed by atoms with Crippen LogP contribution in [0, 0.1) is 12.8 Å². The zero-order chi connectivity index (χ0) is 12.0. The number of hydrogen-bond donors (Lipinski definition) is 0. The fourth-order valence-electron chi connectivity index (χ4n) is 3.21. The van der Waals surface area contributed by atoms with Crippen molar-refractivity contribution in [1.29, 1.82) is 0 Å². The average Bonchev–Trinajstić information content (AvgIpc) is 2.61. The van der Waals surface area contributed by atoms with Gasteiger partial charge < -0.3 is 4.74 Å². The van der Waals surface area contributed by atoms with Gasteiger partial charge in [0.25, 0.3) is 0 Å².